The van der Waals surface area contributed by atoms with E-state index in [1.807, 2.05) is 24.3 Å². The number of pyridine rings is 1. The van der Waals surface area contributed by atoms with Gasteiger partial charge >= 0.3 is 12.2 Å². The van der Waals surface area contributed by atoms with Crippen LogP contribution in [0.4, 0.5) is 32.3 Å². The molecule has 2 aromatic heterocycles. The minimum atomic E-state index is -0.565. The van der Waals surface area contributed by atoms with Gasteiger partial charge in [-0.15, -0.1) is 5.10 Å². The molecule has 0 unspecified atom stereocenters. The van der Waals surface area contributed by atoms with E-state index in [1.54, 1.807) is 108 Å². The highest BCUT2D eigenvalue weighted by molar-refractivity contribution is 7.03. The maximum atomic E-state index is 12.6. The summed E-state index contributed by atoms with van der Waals surface area (Å²) in [6.45, 7) is 10.8. The van der Waals surface area contributed by atoms with Gasteiger partial charge in [0.05, 0.1) is 5.56 Å². The molecule has 14 heteroatoms. The Labute approximate surface area is 287 Å². The van der Waals surface area contributed by atoms with E-state index >= 15 is 0 Å². The number of anilines is 4. The van der Waals surface area contributed by atoms with Crippen LogP contribution in [-0.2, 0) is 9.47 Å². The molecule has 5 aromatic rings. The first kappa shape index (κ1) is 36.0. The summed E-state index contributed by atoms with van der Waals surface area (Å²) >= 11 is 1.11. The second-order valence-corrected chi connectivity index (χ2v) is 13.1. The molecule has 4 N–H and O–H groups in total. The lowest BCUT2D eigenvalue weighted by Crippen LogP contribution is -2.27. The first-order valence-corrected chi connectivity index (χ1v) is 15.9. The second-order valence-electron chi connectivity index (χ2n) is 12.5. The summed E-state index contributed by atoms with van der Waals surface area (Å²) in [6, 6.07) is 21.1. The van der Waals surface area contributed by atoms with Crippen molar-refractivity contribution in [3.63, 3.8) is 0 Å². The number of carbonyl (C=O) groups excluding carboxylic acids is 4. The van der Waals surface area contributed by atoms with Gasteiger partial charge in [-0.3, -0.25) is 25.2 Å². The molecule has 254 valence electrons. The van der Waals surface area contributed by atoms with Crippen LogP contribution in [0.3, 0.4) is 0 Å². The number of amides is 4. The highest BCUT2D eigenvalue weighted by atomic mass is 32.1. The summed E-state index contributed by atoms with van der Waals surface area (Å²) in [7, 11) is 0. The van der Waals surface area contributed by atoms with Gasteiger partial charge < -0.3 is 20.1 Å². The SMILES string of the molecule is CC(C)(C)OC(=O)Nc1ccc(NC(=O)c2cncc3ccccc23)cc1.CC(C)(C)OC(=O)Nc1ccc(NC(=O)c2csnn2)cc1. The number of hydrogen-bond donors (Lipinski definition) is 4. The first-order chi connectivity index (χ1) is 23.1. The maximum absolute atomic E-state index is 12.6. The fourth-order valence-electron chi connectivity index (χ4n) is 4.07. The molecule has 0 atom stereocenters. The van der Waals surface area contributed by atoms with Crippen molar-refractivity contribution in [3.8, 4) is 0 Å². The van der Waals surface area contributed by atoms with Crippen LogP contribution >= 0.6 is 11.5 Å². The topological polar surface area (TPSA) is 174 Å². The molecule has 0 aliphatic heterocycles. The van der Waals surface area contributed by atoms with Gasteiger partial charge in [-0.25, -0.2) is 9.59 Å². The number of carbonyl (C=O) groups is 4. The van der Waals surface area contributed by atoms with Gasteiger partial charge in [-0.2, -0.15) is 0 Å². The average Bonchev–Trinajstić information content (AvgIpc) is 3.57. The van der Waals surface area contributed by atoms with Crippen molar-refractivity contribution in [2.45, 2.75) is 52.7 Å². The van der Waals surface area contributed by atoms with Crippen molar-refractivity contribution in [2.24, 2.45) is 0 Å². The van der Waals surface area contributed by atoms with Gasteiger partial charge in [0.25, 0.3) is 11.8 Å². The summed E-state index contributed by atoms with van der Waals surface area (Å²) in [6.07, 6.45) is 2.22. The van der Waals surface area contributed by atoms with Gasteiger partial charge in [0, 0.05) is 45.9 Å². The lowest BCUT2D eigenvalue weighted by molar-refractivity contribution is 0.0624. The van der Waals surface area contributed by atoms with E-state index in [2.05, 4.69) is 35.8 Å². The van der Waals surface area contributed by atoms with Crippen LogP contribution in [0.15, 0.2) is 90.6 Å². The number of nitrogens with one attached hydrogen (secondary N) is 4. The number of ether oxygens (including phenoxy) is 2. The molecule has 0 spiro atoms. The number of fused-ring (bicyclic) bond motifs is 1. The molecule has 0 saturated heterocycles. The molecule has 0 radical (unpaired) electrons. The quantitative estimate of drug-likeness (QED) is 0.138. The maximum Gasteiger partial charge on any atom is 0.412 e. The Morgan fingerprint density at radius 1 is 0.612 bits per heavy atom. The summed E-state index contributed by atoms with van der Waals surface area (Å²) in [5.74, 6) is -0.575. The smallest absolute Gasteiger partial charge is 0.412 e. The van der Waals surface area contributed by atoms with Gasteiger partial charge in [0.2, 0.25) is 0 Å². The number of rotatable bonds is 6. The standard InChI is InChI=1S/C21H21N3O3.C14H16N4O3S/c1-21(2,3)27-20(26)24-16-10-8-15(9-11-16)23-19(25)18-13-22-12-14-6-4-5-7-17(14)18;1-14(2,3)21-13(20)16-10-6-4-9(5-7-10)15-12(19)11-8-22-18-17-11/h4-13H,1-3H3,(H,23,25)(H,24,26);4-8H,1-3H3,(H,15,19)(H,16,20). The predicted molar refractivity (Wildman–Crippen MR) is 190 cm³/mol. The van der Waals surface area contributed by atoms with Crippen molar-refractivity contribution in [2.75, 3.05) is 21.3 Å². The van der Waals surface area contributed by atoms with E-state index in [1.165, 1.54) is 0 Å². The molecule has 3 aromatic carbocycles. The number of benzene rings is 3. The summed E-state index contributed by atoms with van der Waals surface area (Å²) < 4.78 is 14.0. The number of nitrogens with zero attached hydrogens (tertiary/aromatic N) is 3. The molecule has 0 aliphatic carbocycles. The molecule has 0 aliphatic rings. The van der Waals surface area contributed by atoms with Gasteiger partial charge in [-0.05, 0) is 107 Å². The fraction of sp³-hybridized carbons (Fsp3) is 0.229. The van der Waals surface area contributed by atoms with E-state index in [0.717, 1.165) is 22.3 Å². The van der Waals surface area contributed by atoms with Gasteiger partial charge in [-0.1, -0.05) is 28.8 Å². The van der Waals surface area contributed by atoms with Gasteiger partial charge in [0.1, 0.15) is 11.2 Å². The first-order valence-electron chi connectivity index (χ1n) is 15.1. The number of aromatic nitrogens is 3. The third kappa shape index (κ3) is 11.7. The van der Waals surface area contributed by atoms with Crippen LogP contribution in [0.5, 0.6) is 0 Å². The van der Waals surface area contributed by atoms with Crippen LogP contribution in [0.25, 0.3) is 10.8 Å². The number of hydrogen-bond acceptors (Lipinski definition) is 10. The van der Waals surface area contributed by atoms with Gasteiger partial charge in [0.15, 0.2) is 5.69 Å². The Balaban J connectivity index is 0.000000226. The average molecular weight is 684 g/mol. The van der Waals surface area contributed by atoms with Crippen molar-refractivity contribution in [1.82, 2.24) is 14.6 Å². The van der Waals surface area contributed by atoms with Crippen LogP contribution in [-0.4, -0.2) is 49.8 Å². The Kier molecular flexibility index (Phi) is 11.6. The molecule has 0 saturated carbocycles. The molecular weight excluding hydrogens is 646 g/mol. The predicted octanol–water partition coefficient (Wildman–Crippen LogP) is 7.97. The summed E-state index contributed by atoms with van der Waals surface area (Å²) in [4.78, 5) is 52.0. The summed E-state index contributed by atoms with van der Waals surface area (Å²) in [5.41, 5.74) is 2.00. The largest absolute Gasteiger partial charge is 0.444 e. The van der Waals surface area contributed by atoms with E-state index in [0.29, 0.717) is 28.3 Å². The van der Waals surface area contributed by atoms with Crippen molar-refractivity contribution in [3.05, 3.63) is 102 Å². The van der Waals surface area contributed by atoms with E-state index in [4.69, 9.17) is 9.47 Å². The van der Waals surface area contributed by atoms with E-state index < -0.39 is 23.4 Å². The molecule has 2 heterocycles. The zero-order valence-electron chi connectivity index (χ0n) is 27.9. The minimum absolute atomic E-state index is 0.243. The molecule has 0 bridgehead atoms. The molecule has 5 rings (SSSR count). The zero-order valence-corrected chi connectivity index (χ0v) is 28.7. The van der Waals surface area contributed by atoms with Crippen LogP contribution in [0, 0.1) is 0 Å². The lowest BCUT2D eigenvalue weighted by Gasteiger charge is -2.19. The highest BCUT2D eigenvalue weighted by Crippen LogP contribution is 2.21. The Hall–Kier alpha value is -5.89. The van der Waals surface area contributed by atoms with Crippen LogP contribution in [0.2, 0.25) is 0 Å². The normalized spacial score (nSPS) is 11.0. The van der Waals surface area contributed by atoms with Crippen molar-refractivity contribution in [1.29, 1.82) is 0 Å². The zero-order chi connectivity index (χ0) is 35.6. The monoisotopic (exact) mass is 683 g/mol. The molecular formula is C35H37N7O6S. The van der Waals surface area contributed by atoms with Crippen molar-refractivity contribution >= 4 is 69.1 Å². The Morgan fingerprint density at radius 2 is 1.08 bits per heavy atom. The summed E-state index contributed by atoms with van der Waals surface area (Å²) in [5, 5.41) is 17.8. The second kappa shape index (κ2) is 15.8. The Bertz CT molecular complexity index is 1900. The third-order valence-electron chi connectivity index (χ3n) is 6.08. The molecule has 0 fully saturated rings. The molecule has 49 heavy (non-hydrogen) atoms. The minimum Gasteiger partial charge on any atom is -0.444 e. The van der Waals surface area contributed by atoms with Crippen LogP contribution in [0.1, 0.15) is 62.4 Å². The fourth-order valence-corrected chi connectivity index (χ4v) is 4.51. The highest BCUT2D eigenvalue weighted by Gasteiger charge is 2.17. The van der Waals surface area contributed by atoms with Crippen LogP contribution < -0.4 is 21.3 Å². The lowest BCUT2D eigenvalue weighted by atomic mass is 10.1. The van der Waals surface area contributed by atoms with Crippen molar-refractivity contribution < 1.29 is 28.7 Å². The molecule has 4 amide bonds. The van der Waals surface area contributed by atoms with E-state index in [9.17, 15) is 19.2 Å². The van der Waals surface area contributed by atoms with E-state index in [-0.39, 0.29) is 17.5 Å². The molecule has 13 nitrogen and oxygen atoms in total. The third-order valence-corrected chi connectivity index (χ3v) is 6.59. The Morgan fingerprint density at radius 3 is 1.55 bits per heavy atom.